The third-order valence-corrected chi connectivity index (χ3v) is 22.5. The lowest BCUT2D eigenvalue weighted by molar-refractivity contribution is 0.471. The summed E-state index contributed by atoms with van der Waals surface area (Å²) in [5.41, 5.74) is 12.3. The molecule has 0 atom stereocenters. The molecule has 0 unspecified atom stereocenters. The lowest BCUT2D eigenvalue weighted by Gasteiger charge is -2.18. The molecule has 530 valence electrons. The van der Waals surface area contributed by atoms with Crippen LogP contribution in [0.1, 0.15) is 22.8 Å². The highest BCUT2D eigenvalue weighted by atomic mass is 16.3. The lowest BCUT2D eigenvalue weighted by Crippen LogP contribution is -1.94. The number of benzene rings is 16. The summed E-state index contributed by atoms with van der Waals surface area (Å²) in [4.78, 5) is 19.1. The average molecular weight is 1450 g/mol. The smallest absolute Gasteiger partial charge is 0.132 e. The van der Waals surface area contributed by atoms with Crippen LogP contribution in [-0.4, -0.2) is 60.8 Å². The molecule has 2 aliphatic heterocycles. The molecule has 0 radical (unpaired) electrons. The van der Waals surface area contributed by atoms with E-state index in [1.54, 1.807) is 48.5 Å². The van der Waals surface area contributed by atoms with Crippen molar-refractivity contribution in [3.8, 4) is 135 Å². The number of aromatic amines is 2. The molecule has 0 saturated carbocycles. The number of aromatic hydroxyl groups is 8. The molecule has 19 aromatic rings. The van der Waals surface area contributed by atoms with Crippen LogP contribution in [0, 0.1) is 0 Å². The minimum Gasteiger partial charge on any atom is -0.508 e. The summed E-state index contributed by atoms with van der Waals surface area (Å²) >= 11 is 0. The number of H-pyrrole nitrogens is 2. The fourth-order valence-corrected chi connectivity index (χ4v) is 17.4. The second-order valence-corrected chi connectivity index (χ2v) is 28.8. The van der Waals surface area contributed by atoms with Crippen molar-refractivity contribution in [2.45, 2.75) is 0 Å². The van der Waals surface area contributed by atoms with Crippen LogP contribution in [0.5, 0.6) is 46.0 Å². The molecule has 0 fully saturated rings. The monoisotopic (exact) mass is 1450 g/mol. The minimum atomic E-state index is -0.138. The molecule has 3 aromatic heterocycles. The van der Waals surface area contributed by atoms with Crippen molar-refractivity contribution in [2.75, 3.05) is 0 Å². The predicted molar refractivity (Wildman–Crippen MR) is 456 cm³/mol. The normalized spacial score (nSPS) is 12.1. The van der Waals surface area contributed by atoms with Gasteiger partial charge in [0.2, 0.25) is 0 Å². The number of rotatable bonds is 8. The van der Waals surface area contributed by atoms with E-state index in [1.807, 2.05) is 267 Å². The SMILES string of the molecule is Oc1ccc2cccc(-c3cccc4cc(-c5c6nc(c(-c7cc8cccc(-c9cccc%10ccc(O)cc9%10)c8cc7O)c7ccc([nH]7)c(-c7cc8ccccc8c(-c8c(O)ccc9ccccc89)c7O)c7nc(c(-c8cc9ccccc9c(-c9c(O)ccc%10ccccc9%10)c8O)c8ccc5[nH]8)C=C7)C=C6)c(O)cc34)c2c1. The van der Waals surface area contributed by atoms with Crippen LogP contribution in [0.25, 0.3) is 222 Å². The number of aromatic nitrogens is 4. The first-order valence-electron chi connectivity index (χ1n) is 36.9. The molecule has 8 bridgehead atoms. The molecule has 2 aliphatic rings. The van der Waals surface area contributed by atoms with Crippen LogP contribution in [0.4, 0.5) is 0 Å². The van der Waals surface area contributed by atoms with Gasteiger partial charge in [-0.2, -0.15) is 0 Å². The Kier molecular flexibility index (Phi) is 14.6. The van der Waals surface area contributed by atoms with Gasteiger partial charge in [0.05, 0.1) is 22.8 Å². The number of hydrogen-bond donors (Lipinski definition) is 10. The molecule has 12 nitrogen and oxygen atoms in total. The van der Waals surface area contributed by atoms with Crippen LogP contribution in [0.2, 0.25) is 0 Å². The van der Waals surface area contributed by atoms with Crippen molar-refractivity contribution < 1.29 is 40.9 Å². The molecular formula is C100H62N4O8. The predicted octanol–water partition coefficient (Wildman–Crippen LogP) is 24.9. The van der Waals surface area contributed by atoms with Gasteiger partial charge in [-0.3, -0.25) is 0 Å². The zero-order valence-corrected chi connectivity index (χ0v) is 59.5. The Morgan fingerprint density at radius 3 is 0.839 bits per heavy atom. The van der Waals surface area contributed by atoms with Gasteiger partial charge in [-0.15, -0.1) is 0 Å². The molecule has 0 saturated heterocycles. The highest BCUT2D eigenvalue weighted by Crippen LogP contribution is 2.55. The molecule has 10 N–H and O–H groups in total. The summed E-state index contributed by atoms with van der Waals surface area (Å²) in [5.74, 6) is -0.206. The van der Waals surface area contributed by atoms with Gasteiger partial charge >= 0.3 is 0 Å². The van der Waals surface area contributed by atoms with Crippen molar-refractivity contribution in [2.24, 2.45) is 0 Å². The van der Waals surface area contributed by atoms with E-state index >= 15 is 0 Å². The van der Waals surface area contributed by atoms with Gasteiger partial charge in [-0.25, -0.2) is 9.97 Å². The Morgan fingerprint density at radius 1 is 0.188 bits per heavy atom. The van der Waals surface area contributed by atoms with E-state index in [1.165, 1.54) is 0 Å². The first-order valence-corrected chi connectivity index (χ1v) is 36.9. The molecule has 21 rings (SSSR count). The molecule has 12 heteroatoms. The topological polar surface area (TPSA) is 219 Å². The number of phenolic OH excluding ortho intramolecular Hbond substituents is 8. The minimum absolute atomic E-state index is 0.0320. The quantitative estimate of drug-likeness (QED) is 0.0694. The summed E-state index contributed by atoms with van der Waals surface area (Å²) in [6.07, 6.45) is 7.60. The zero-order valence-electron chi connectivity index (χ0n) is 59.5. The number of hydrogen-bond acceptors (Lipinski definition) is 10. The third kappa shape index (κ3) is 10.2. The van der Waals surface area contributed by atoms with Crippen molar-refractivity contribution >= 4 is 133 Å². The van der Waals surface area contributed by atoms with Crippen molar-refractivity contribution in [1.29, 1.82) is 0 Å². The number of phenols is 8. The maximum absolute atomic E-state index is 13.7. The summed E-state index contributed by atoms with van der Waals surface area (Å²) < 4.78 is 0. The van der Waals surface area contributed by atoms with E-state index < -0.39 is 0 Å². The summed E-state index contributed by atoms with van der Waals surface area (Å²) in [7, 11) is 0. The standard InChI is InChI=1S/C100H62N4O8/c105-61-33-29-55-17-9-25-67(71(55)49-61)69-27-11-19-59-45-75(89(109)51-73(59)69)91-79-35-36-80(101-79)92(76-46-60-20-12-28-70(74(60)52-90(76)110)68-26-10-18-56-30-34-62(106)50-72(56)68)82-38-40-84(103-82)94(78-48-58-16-4-8-24-66(58)98(100(78)112)96-64-22-6-2-14-54(64)32-44-88(96)108)86-42-41-85(104-86)93(83-39-37-81(91)102-83)77-47-57-15-3-7-23-65(57)97(99(77)111)95-63-21-5-1-13-53(63)31-43-87(95)107/h1-52,102-103,105-112H. The largest absolute Gasteiger partial charge is 0.508 e. The molecule has 0 spiro atoms. The summed E-state index contributed by atoms with van der Waals surface area (Å²) in [5, 5.41) is 112. The Labute approximate surface area is 638 Å². The number of nitrogens with zero attached hydrogens (tertiary/aromatic N) is 2. The number of fused-ring (bicyclic) bond motifs is 16. The van der Waals surface area contributed by atoms with Crippen molar-refractivity contribution in [3.05, 3.63) is 314 Å². The Balaban J connectivity index is 0.904. The maximum atomic E-state index is 13.7. The van der Waals surface area contributed by atoms with Crippen LogP contribution in [-0.2, 0) is 0 Å². The first kappa shape index (κ1) is 64.9. The van der Waals surface area contributed by atoms with E-state index in [4.69, 9.17) is 9.97 Å². The van der Waals surface area contributed by atoms with Gasteiger partial charge < -0.3 is 50.8 Å². The summed E-state index contributed by atoms with van der Waals surface area (Å²) in [6, 6.07) is 91.8. The van der Waals surface area contributed by atoms with Gasteiger partial charge in [-0.05, 0) is 230 Å². The van der Waals surface area contributed by atoms with E-state index in [-0.39, 0.29) is 46.0 Å². The van der Waals surface area contributed by atoms with E-state index in [2.05, 4.69) is 9.97 Å². The Morgan fingerprint density at radius 2 is 0.464 bits per heavy atom. The van der Waals surface area contributed by atoms with Gasteiger partial charge in [0.15, 0.2) is 0 Å². The maximum Gasteiger partial charge on any atom is 0.132 e. The average Bonchev–Trinajstić information content (AvgIpc) is 1.45. The van der Waals surface area contributed by atoms with E-state index in [0.29, 0.717) is 122 Å². The number of nitrogens with one attached hydrogen (secondary N) is 2. The van der Waals surface area contributed by atoms with E-state index in [9.17, 15) is 40.9 Å². The first-order chi connectivity index (χ1) is 54.8. The fourth-order valence-electron chi connectivity index (χ4n) is 17.4. The molecule has 0 aliphatic carbocycles. The van der Waals surface area contributed by atoms with Crippen LogP contribution in [0.15, 0.2) is 291 Å². The lowest BCUT2D eigenvalue weighted by atomic mass is 9.88. The van der Waals surface area contributed by atoms with Gasteiger partial charge in [0.25, 0.3) is 0 Å². The highest BCUT2D eigenvalue weighted by molar-refractivity contribution is 6.18. The van der Waals surface area contributed by atoms with Gasteiger partial charge in [0, 0.05) is 88.8 Å². The third-order valence-electron chi connectivity index (χ3n) is 22.5. The fraction of sp³-hybridized carbons (Fsp3) is 0. The molecule has 16 aromatic carbocycles. The van der Waals surface area contributed by atoms with E-state index in [0.717, 1.165) is 97.7 Å². The Bertz CT molecular complexity index is 7190. The second kappa shape index (κ2) is 25.1. The van der Waals surface area contributed by atoms with Crippen LogP contribution < -0.4 is 0 Å². The van der Waals surface area contributed by atoms with Crippen molar-refractivity contribution in [1.82, 2.24) is 19.9 Å². The second-order valence-electron chi connectivity index (χ2n) is 28.8. The molecule has 5 heterocycles. The van der Waals surface area contributed by atoms with Crippen LogP contribution in [0.3, 0.4) is 0 Å². The zero-order chi connectivity index (χ0) is 75.3. The Hall–Kier alpha value is -15.4. The molecular weight excluding hydrogens is 1390 g/mol. The summed E-state index contributed by atoms with van der Waals surface area (Å²) in [6.45, 7) is 0. The highest BCUT2D eigenvalue weighted by Gasteiger charge is 2.29. The van der Waals surface area contributed by atoms with Crippen molar-refractivity contribution in [3.63, 3.8) is 0 Å². The van der Waals surface area contributed by atoms with Gasteiger partial charge in [-0.1, -0.05) is 194 Å². The van der Waals surface area contributed by atoms with Crippen LogP contribution >= 0.6 is 0 Å². The molecule has 112 heavy (non-hydrogen) atoms. The molecule has 0 amide bonds. The van der Waals surface area contributed by atoms with Gasteiger partial charge in [0.1, 0.15) is 46.0 Å².